The first-order valence-electron chi connectivity index (χ1n) is 10.3. The molecule has 2 N–H and O–H groups in total. The number of nitriles is 2. The number of hydrogen-bond acceptors (Lipinski definition) is 7. The Morgan fingerprint density at radius 1 is 0.943 bits per heavy atom. The summed E-state index contributed by atoms with van der Waals surface area (Å²) < 4.78 is 0. The minimum absolute atomic E-state index is 0.170. The van der Waals surface area contributed by atoms with Gasteiger partial charge in [-0.05, 0) is 35.9 Å². The molecule has 2 aromatic heterocycles. The van der Waals surface area contributed by atoms with Gasteiger partial charge in [0, 0.05) is 21.7 Å². The highest BCUT2D eigenvalue weighted by Gasteiger charge is 2.23. The van der Waals surface area contributed by atoms with Crippen LogP contribution in [0, 0.1) is 22.7 Å². The van der Waals surface area contributed by atoms with Gasteiger partial charge in [-0.2, -0.15) is 10.5 Å². The normalized spacial score (nSPS) is 10.6. The molecule has 5 rings (SSSR count). The second-order valence-electron chi connectivity index (χ2n) is 7.49. The summed E-state index contributed by atoms with van der Waals surface area (Å²) in [6.45, 7) is 0. The SMILES string of the molecule is N#Cc1cc(-c2nc3ncc(-c4ccc(Cl)cc4)nc3s2)c(C(N)=O)c(-c2ccccc2C#N)c1. The van der Waals surface area contributed by atoms with Crippen molar-refractivity contribution in [3.05, 3.63) is 88.6 Å². The number of carbonyl (C=O) groups is 1. The van der Waals surface area contributed by atoms with E-state index in [1.807, 2.05) is 12.1 Å². The summed E-state index contributed by atoms with van der Waals surface area (Å²) in [6.07, 6.45) is 1.62. The highest BCUT2D eigenvalue weighted by atomic mass is 35.5. The molecule has 0 unspecified atom stereocenters. The molecule has 0 saturated heterocycles. The number of halogens is 1. The predicted molar refractivity (Wildman–Crippen MR) is 134 cm³/mol. The number of primary amides is 1. The zero-order valence-corrected chi connectivity index (χ0v) is 19.4. The van der Waals surface area contributed by atoms with Crippen molar-refractivity contribution >= 4 is 39.3 Å². The summed E-state index contributed by atoms with van der Waals surface area (Å²) in [5, 5.41) is 20.3. The fraction of sp³-hybridized carbons (Fsp3) is 0. The Morgan fingerprint density at radius 2 is 1.69 bits per heavy atom. The lowest BCUT2D eigenvalue weighted by molar-refractivity contribution is 0.100. The minimum atomic E-state index is -0.700. The largest absolute Gasteiger partial charge is 0.366 e. The molecule has 0 radical (unpaired) electrons. The Morgan fingerprint density at radius 3 is 2.40 bits per heavy atom. The second-order valence-corrected chi connectivity index (χ2v) is 8.90. The third-order valence-electron chi connectivity index (χ3n) is 5.35. The Kier molecular flexibility index (Phi) is 5.68. The third kappa shape index (κ3) is 4.09. The first kappa shape index (κ1) is 22.2. The van der Waals surface area contributed by atoms with Crippen molar-refractivity contribution in [2.24, 2.45) is 5.73 Å². The fourth-order valence-electron chi connectivity index (χ4n) is 3.77. The number of rotatable bonds is 4. The lowest BCUT2D eigenvalue weighted by Crippen LogP contribution is -2.14. The van der Waals surface area contributed by atoms with Gasteiger partial charge in [0.25, 0.3) is 0 Å². The van der Waals surface area contributed by atoms with Gasteiger partial charge in [0.1, 0.15) is 5.01 Å². The van der Waals surface area contributed by atoms with Gasteiger partial charge >= 0.3 is 0 Å². The zero-order valence-electron chi connectivity index (χ0n) is 17.9. The number of aromatic nitrogens is 3. The first-order valence-corrected chi connectivity index (χ1v) is 11.5. The van der Waals surface area contributed by atoms with Crippen LogP contribution in [0.25, 0.3) is 43.4 Å². The zero-order chi connectivity index (χ0) is 24.5. The molecule has 35 heavy (non-hydrogen) atoms. The maximum absolute atomic E-state index is 12.7. The molecule has 166 valence electrons. The Balaban J connectivity index is 1.72. The van der Waals surface area contributed by atoms with E-state index in [1.165, 1.54) is 11.3 Å². The standard InChI is InChI=1S/C26H13ClN6OS/c27-17-7-5-15(6-8-17)21-13-31-24-26(32-21)35-25(33-24)20-10-14(11-28)9-19(22(20)23(30)34)18-4-2-1-3-16(18)12-29/h1-10,13H,(H2,30,34). The number of amides is 1. The van der Waals surface area contributed by atoms with E-state index in [4.69, 9.17) is 17.3 Å². The molecule has 9 heteroatoms. The molecule has 0 aliphatic carbocycles. The molecule has 3 aromatic carbocycles. The van der Waals surface area contributed by atoms with Crippen LogP contribution in [-0.2, 0) is 0 Å². The van der Waals surface area contributed by atoms with E-state index in [2.05, 4.69) is 27.1 Å². The molecule has 0 bridgehead atoms. The van der Waals surface area contributed by atoms with Crippen LogP contribution in [0.15, 0.2) is 66.9 Å². The van der Waals surface area contributed by atoms with Gasteiger partial charge in [-0.25, -0.2) is 15.0 Å². The van der Waals surface area contributed by atoms with Crippen LogP contribution in [0.3, 0.4) is 0 Å². The van der Waals surface area contributed by atoms with Crippen LogP contribution in [0.5, 0.6) is 0 Å². The van der Waals surface area contributed by atoms with Crippen LogP contribution in [0.1, 0.15) is 21.5 Å². The van der Waals surface area contributed by atoms with Crippen molar-refractivity contribution in [2.75, 3.05) is 0 Å². The van der Waals surface area contributed by atoms with Crippen LogP contribution >= 0.6 is 22.9 Å². The van der Waals surface area contributed by atoms with Crippen LogP contribution in [0.2, 0.25) is 5.02 Å². The molecule has 5 aromatic rings. The van der Waals surface area contributed by atoms with E-state index in [0.29, 0.717) is 54.0 Å². The maximum Gasteiger partial charge on any atom is 0.250 e. The molecular formula is C26H13ClN6OS. The summed E-state index contributed by atoms with van der Waals surface area (Å²) >= 11 is 7.22. The highest BCUT2D eigenvalue weighted by Crippen LogP contribution is 2.38. The number of nitrogens with two attached hydrogens (primary N) is 1. The van der Waals surface area contributed by atoms with Crippen molar-refractivity contribution in [2.45, 2.75) is 0 Å². The average molecular weight is 493 g/mol. The number of hydrogen-bond donors (Lipinski definition) is 1. The first-order chi connectivity index (χ1) is 17.0. The van der Waals surface area contributed by atoms with E-state index in [9.17, 15) is 15.3 Å². The van der Waals surface area contributed by atoms with Crippen molar-refractivity contribution < 1.29 is 4.79 Å². The van der Waals surface area contributed by atoms with Gasteiger partial charge in [-0.15, -0.1) is 0 Å². The Hall–Kier alpha value is -4.63. The fourth-order valence-corrected chi connectivity index (χ4v) is 4.81. The Labute approximate surface area is 208 Å². The number of fused-ring (bicyclic) bond motifs is 1. The van der Waals surface area contributed by atoms with E-state index >= 15 is 0 Å². The van der Waals surface area contributed by atoms with E-state index in [0.717, 1.165) is 5.56 Å². The lowest BCUT2D eigenvalue weighted by Gasteiger charge is -2.13. The maximum atomic E-state index is 12.7. The van der Waals surface area contributed by atoms with Gasteiger partial charge in [-0.3, -0.25) is 4.79 Å². The molecule has 0 fully saturated rings. The van der Waals surface area contributed by atoms with Crippen molar-refractivity contribution in [1.29, 1.82) is 10.5 Å². The van der Waals surface area contributed by atoms with Crippen molar-refractivity contribution in [3.63, 3.8) is 0 Å². The molecule has 0 aliphatic heterocycles. The summed E-state index contributed by atoms with van der Waals surface area (Å²) in [5.41, 5.74) is 9.82. The number of nitrogens with zero attached hydrogens (tertiary/aromatic N) is 5. The molecule has 2 heterocycles. The summed E-state index contributed by atoms with van der Waals surface area (Å²) in [7, 11) is 0. The molecule has 0 atom stereocenters. The van der Waals surface area contributed by atoms with Crippen LogP contribution in [-0.4, -0.2) is 20.9 Å². The Bertz CT molecular complexity index is 1710. The lowest BCUT2D eigenvalue weighted by atomic mass is 9.90. The quantitative estimate of drug-likeness (QED) is 0.348. The number of carbonyl (C=O) groups excluding carboxylic acids is 1. The van der Waals surface area contributed by atoms with Crippen LogP contribution in [0.4, 0.5) is 0 Å². The number of thiazole rings is 1. The smallest absolute Gasteiger partial charge is 0.250 e. The monoisotopic (exact) mass is 492 g/mol. The predicted octanol–water partition coefficient (Wildman–Crippen LogP) is 5.58. The van der Waals surface area contributed by atoms with Gasteiger partial charge in [0.15, 0.2) is 10.5 Å². The van der Waals surface area contributed by atoms with Crippen molar-refractivity contribution in [1.82, 2.24) is 15.0 Å². The van der Waals surface area contributed by atoms with E-state index in [-0.39, 0.29) is 5.56 Å². The van der Waals surface area contributed by atoms with Gasteiger partial charge in [0.2, 0.25) is 5.91 Å². The average Bonchev–Trinajstić information content (AvgIpc) is 3.31. The number of benzene rings is 3. The topological polar surface area (TPSA) is 129 Å². The van der Waals surface area contributed by atoms with Crippen LogP contribution < -0.4 is 5.73 Å². The second kappa shape index (κ2) is 8.96. The highest BCUT2D eigenvalue weighted by molar-refractivity contribution is 7.21. The molecule has 1 amide bonds. The summed E-state index contributed by atoms with van der Waals surface area (Å²) in [4.78, 5) is 26.9. The molecule has 7 nitrogen and oxygen atoms in total. The minimum Gasteiger partial charge on any atom is -0.366 e. The summed E-state index contributed by atoms with van der Waals surface area (Å²) in [5.74, 6) is -0.700. The molecule has 0 aliphatic rings. The van der Waals surface area contributed by atoms with Gasteiger partial charge < -0.3 is 5.73 Å². The summed E-state index contributed by atoms with van der Waals surface area (Å²) in [6, 6.07) is 21.4. The van der Waals surface area contributed by atoms with E-state index < -0.39 is 5.91 Å². The van der Waals surface area contributed by atoms with Gasteiger partial charge in [-0.1, -0.05) is 53.3 Å². The third-order valence-corrected chi connectivity index (χ3v) is 6.57. The van der Waals surface area contributed by atoms with Gasteiger partial charge in [0.05, 0.1) is 40.7 Å². The molecule has 0 saturated carbocycles. The molecular weight excluding hydrogens is 480 g/mol. The van der Waals surface area contributed by atoms with Crippen molar-refractivity contribution in [3.8, 4) is 45.1 Å². The van der Waals surface area contributed by atoms with E-state index in [1.54, 1.807) is 54.7 Å². The molecule has 0 spiro atoms.